The Hall–Kier alpha value is -1.49. The Morgan fingerprint density at radius 2 is 2.00 bits per heavy atom. The molecule has 0 radical (unpaired) electrons. The summed E-state index contributed by atoms with van der Waals surface area (Å²) in [4.78, 5) is 13.3. The largest absolute Gasteiger partial charge is 0.384 e. The molecule has 98 valence electrons. The van der Waals surface area contributed by atoms with Crippen molar-refractivity contribution in [2.75, 3.05) is 5.73 Å². The second-order valence-corrected chi connectivity index (χ2v) is 5.71. The molecule has 5 heteroatoms. The molecule has 2 heterocycles. The van der Waals surface area contributed by atoms with E-state index in [1.165, 1.54) is 25.7 Å². The predicted molar refractivity (Wildman–Crippen MR) is 78.6 cm³/mol. The molecule has 0 atom stereocenters. The predicted octanol–water partition coefficient (Wildman–Crippen LogP) is 3.54. The van der Waals surface area contributed by atoms with E-state index in [0.717, 1.165) is 15.9 Å². The molecule has 0 aliphatic heterocycles. The van der Waals surface area contributed by atoms with Crippen molar-refractivity contribution in [3.8, 4) is 11.5 Å². The van der Waals surface area contributed by atoms with Crippen LogP contribution in [-0.4, -0.2) is 15.0 Å². The quantitative estimate of drug-likeness (QED) is 0.919. The number of pyridine rings is 1. The van der Waals surface area contributed by atoms with Gasteiger partial charge in [-0.15, -0.1) is 0 Å². The average molecular weight is 319 g/mol. The Balaban J connectivity index is 2.04. The fourth-order valence-electron chi connectivity index (χ4n) is 2.57. The fourth-order valence-corrected chi connectivity index (χ4v) is 3.00. The van der Waals surface area contributed by atoms with Crippen LogP contribution in [0, 0.1) is 0 Å². The van der Waals surface area contributed by atoms with Gasteiger partial charge in [0.25, 0.3) is 0 Å². The molecule has 3 rings (SSSR count). The Morgan fingerprint density at radius 3 is 2.74 bits per heavy atom. The van der Waals surface area contributed by atoms with Gasteiger partial charge in [-0.05, 0) is 40.9 Å². The van der Waals surface area contributed by atoms with E-state index in [4.69, 9.17) is 5.73 Å². The number of anilines is 1. The summed E-state index contributed by atoms with van der Waals surface area (Å²) in [6.07, 6.45) is 6.68. The highest BCUT2D eigenvalue weighted by Gasteiger charge is 2.20. The van der Waals surface area contributed by atoms with Crippen molar-refractivity contribution in [3.63, 3.8) is 0 Å². The SMILES string of the molecule is Nc1cc(C2CCCC2)nc(-c2ncccc2Br)n1. The molecular weight excluding hydrogens is 304 g/mol. The number of nitrogens with two attached hydrogens (primary N) is 1. The summed E-state index contributed by atoms with van der Waals surface area (Å²) in [5.41, 5.74) is 7.72. The van der Waals surface area contributed by atoms with Gasteiger partial charge < -0.3 is 5.73 Å². The standard InChI is InChI=1S/C14H15BrN4/c15-10-6-3-7-17-13(10)14-18-11(8-12(16)19-14)9-4-1-2-5-9/h3,6-9H,1-2,4-5H2,(H2,16,18,19). The van der Waals surface area contributed by atoms with E-state index in [1.807, 2.05) is 18.2 Å². The van der Waals surface area contributed by atoms with Crippen molar-refractivity contribution >= 4 is 21.7 Å². The molecule has 0 spiro atoms. The summed E-state index contributed by atoms with van der Waals surface area (Å²) in [7, 11) is 0. The highest BCUT2D eigenvalue weighted by atomic mass is 79.9. The van der Waals surface area contributed by atoms with E-state index >= 15 is 0 Å². The monoisotopic (exact) mass is 318 g/mol. The van der Waals surface area contributed by atoms with Gasteiger partial charge in [0.2, 0.25) is 0 Å². The van der Waals surface area contributed by atoms with Gasteiger partial charge in [0.1, 0.15) is 11.5 Å². The van der Waals surface area contributed by atoms with Crippen LogP contribution >= 0.6 is 15.9 Å². The zero-order chi connectivity index (χ0) is 13.2. The second kappa shape index (κ2) is 5.25. The van der Waals surface area contributed by atoms with E-state index in [-0.39, 0.29) is 0 Å². The van der Waals surface area contributed by atoms with Gasteiger partial charge in [-0.25, -0.2) is 9.97 Å². The summed E-state index contributed by atoms with van der Waals surface area (Å²) in [5, 5.41) is 0. The van der Waals surface area contributed by atoms with Crippen molar-refractivity contribution in [3.05, 3.63) is 34.6 Å². The van der Waals surface area contributed by atoms with E-state index < -0.39 is 0 Å². The molecule has 0 unspecified atom stereocenters. The summed E-state index contributed by atoms with van der Waals surface area (Å²) < 4.78 is 0.887. The third-order valence-corrected chi connectivity index (χ3v) is 4.15. The van der Waals surface area contributed by atoms with Crippen LogP contribution in [0.5, 0.6) is 0 Å². The Kier molecular flexibility index (Phi) is 3.46. The van der Waals surface area contributed by atoms with Gasteiger partial charge >= 0.3 is 0 Å². The topological polar surface area (TPSA) is 64.7 Å². The summed E-state index contributed by atoms with van der Waals surface area (Å²) in [6.45, 7) is 0. The van der Waals surface area contributed by atoms with E-state index in [0.29, 0.717) is 17.6 Å². The van der Waals surface area contributed by atoms with E-state index in [2.05, 4.69) is 30.9 Å². The number of aromatic nitrogens is 3. The minimum Gasteiger partial charge on any atom is -0.384 e. The molecule has 1 aliphatic rings. The molecule has 0 bridgehead atoms. The minimum absolute atomic E-state index is 0.518. The summed E-state index contributed by atoms with van der Waals surface area (Å²) in [5.74, 6) is 1.64. The minimum atomic E-state index is 0.518. The van der Waals surface area contributed by atoms with Crippen molar-refractivity contribution in [2.24, 2.45) is 0 Å². The van der Waals surface area contributed by atoms with Gasteiger partial charge in [0, 0.05) is 28.3 Å². The third-order valence-electron chi connectivity index (χ3n) is 3.51. The Labute approximate surface area is 120 Å². The first-order valence-electron chi connectivity index (χ1n) is 6.49. The smallest absolute Gasteiger partial charge is 0.181 e. The number of halogens is 1. The number of nitrogen functional groups attached to an aromatic ring is 1. The van der Waals surface area contributed by atoms with Crippen LogP contribution in [0.2, 0.25) is 0 Å². The lowest BCUT2D eigenvalue weighted by molar-refractivity contribution is 0.695. The van der Waals surface area contributed by atoms with Gasteiger partial charge in [-0.1, -0.05) is 12.8 Å². The number of rotatable bonds is 2. The first kappa shape index (κ1) is 12.5. The van der Waals surface area contributed by atoms with Crippen LogP contribution in [0.15, 0.2) is 28.9 Å². The van der Waals surface area contributed by atoms with Gasteiger partial charge in [-0.3, -0.25) is 4.98 Å². The Morgan fingerprint density at radius 1 is 1.21 bits per heavy atom. The van der Waals surface area contributed by atoms with E-state index in [9.17, 15) is 0 Å². The van der Waals surface area contributed by atoms with Gasteiger partial charge in [-0.2, -0.15) is 0 Å². The highest BCUT2D eigenvalue weighted by Crippen LogP contribution is 2.34. The normalized spacial score (nSPS) is 15.8. The lowest BCUT2D eigenvalue weighted by atomic mass is 10.0. The van der Waals surface area contributed by atoms with Crippen LogP contribution in [-0.2, 0) is 0 Å². The Bertz CT molecular complexity index is 594. The number of hydrogen-bond donors (Lipinski definition) is 1. The van der Waals surface area contributed by atoms with Crippen molar-refractivity contribution < 1.29 is 0 Å². The second-order valence-electron chi connectivity index (χ2n) is 4.86. The van der Waals surface area contributed by atoms with Crippen molar-refractivity contribution in [2.45, 2.75) is 31.6 Å². The molecule has 4 nitrogen and oxygen atoms in total. The lowest BCUT2D eigenvalue weighted by Gasteiger charge is -2.11. The molecule has 1 saturated carbocycles. The van der Waals surface area contributed by atoms with Crippen LogP contribution in [0.3, 0.4) is 0 Å². The molecule has 0 aromatic carbocycles. The molecule has 1 aliphatic carbocycles. The van der Waals surface area contributed by atoms with Crippen LogP contribution < -0.4 is 5.73 Å². The van der Waals surface area contributed by atoms with Gasteiger partial charge in [0.15, 0.2) is 5.82 Å². The molecular formula is C14H15BrN4. The molecule has 0 saturated heterocycles. The highest BCUT2D eigenvalue weighted by molar-refractivity contribution is 9.10. The molecule has 2 aromatic heterocycles. The zero-order valence-corrected chi connectivity index (χ0v) is 12.1. The fraction of sp³-hybridized carbons (Fsp3) is 0.357. The third kappa shape index (κ3) is 2.61. The summed E-state index contributed by atoms with van der Waals surface area (Å²) in [6, 6.07) is 5.71. The number of hydrogen-bond acceptors (Lipinski definition) is 4. The molecule has 1 fully saturated rings. The first-order chi connectivity index (χ1) is 9.24. The molecule has 2 N–H and O–H groups in total. The molecule has 0 amide bonds. The lowest BCUT2D eigenvalue weighted by Crippen LogP contribution is -2.04. The van der Waals surface area contributed by atoms with Crippen LogP contribution in [0.1, 0.15) is 37.3 Å². The zero-order valence-electron chi connectivity index (χ0n) is 10.5. The van der Waals surface area contributed by atoms with E-state index in [1.54, 1.807) is 6.20 Å². The maximum absolute atomic E-state index is 5.92. The van der Waals surface area contributed by atoms with Crippen molar-refractivity contribution in [1.82, 2.24) is 15.0 Å². The molecule has 19 heavy (non-hydrogen) atoms. The summed E-state index contributed by atoms with van der Waals surface area (Å²) >= 11 is 3.48. The van der Waals surface area contributed by atoms with Crippen molar-refractivity contribution in [1.29, 1.82) is 0 Å². The maximum atomic E-state index is 5.92. The van der Waals surface area contributed by atoms with Crippen LogP contribution in [0.4, 0.5) is 5.82 Å². The average Bonchev–Trinajstić information content (AvgIpc) is 2.92. The first-order valence-corrected chi connectivity index (χ1v) is 7.28. The maximum Gasteiger partial charge on any atom is 0.181 e. The number of nitrogens with zero attached hydrogens (tertiary/aromatic N) is 3. The molecule has 2 aromatic rings. The van der Waals surface area contributed by atoms with Gasteiger partial charge in [0.05, 0.1) is 0 Å². The van der Waals surface area contributed by atoms with Crippen LogP contribution in [0.25, 0.3) is 11.5 Å².